The van der Waals surface area contributed by atoms with Crippen LogP contribution in [0.3, 0.4) is 0 Å². The maximum atomic E-state index is 4.46. The van der Waals surface area contributed by atoms with Gasteiger partial charge in [0.2, 0.25) is 0 Å². The molecule has 0 amide bonds. The Hall–Kier alpha value is -0.610. The van der Waals surface area contributed by atoms with Crippen LogP contribution in [-0.2, 0) is 0 Å². The van der Waals surface area contributed by atoms with Crippen LogP contribution >= 0.6 is 11.8 Å². The van der Waals surface area contributed by atoms with E-state index in [9.17, 15) is 0 Å². The molecule has 1 fully saturated rings. The zero-order valence-electron chi connectivity index (χ0n) is 11.5. The molecule has 1 saturated carbocycles. The molecule has 0 aromatic carbocycles. The second-order valence-electron chi connectivity index (χ2n) is 5.08. The highest BCUT2D eigenvalue weighted by Crippen LogP contribution is 2.28. The molecule has 1 aromatic rings. The summed E-state index contributed by atoms with van der Waals surface area (Å²) in [5, 5.41) is 4.50. The van der Waals surface area contributed by atoms with Crippen molar-refractivity contribution >= 4 is 11.8 Å². The third-order valence-electron chi connectivity index (χ3n) is 3.80. The summed E-state index contributed by atoms with van der Waals surface area (Å²) in [4.78, 5) is 8.79. The zero-order chi connectivity index (χ0) is 13.0. The molecular weight excluding hydrogens is 242 g/mol. The molecule has 0 radical (unpaired) electrons. The number of hydrogen-bond donors (Lipinski definition) is 1. The molecule has 0 saturated heterocycles. The minimum Gasteiger partial charge on any atom is -0.305 e. The molecule has 3 atom stereocenters. The lowest BCUT2D eigenvalue weighted by atomic mass is 9.94. The number of rotatable bonds is 4. The lowest BCUT2D eigenvalue weighted by Crippen LogP contribution is -2.42. The van der Waals surface area contributed by atoms with Crippen LogP contribution in [0.15, 0.2) is 12.4 Å². The van der Waals surface area contributed by atoms with Crippen LogP contribution in [0.1, 0.15) is 50.0 Å². The third kappa shape index (κ3) is 3.23. The first kappa shape index (κ1) is 13.8. The minimum absolute atomic E-state index is 0.288. The van der Waals surface area contributed by atoms with Crippen molar-refractivity contribution in [2.45, 2.75) is 56.9 Å². The number of nitrogens with one attached hydrogen (secondary N) is 1. The van der Waals surface area contributed by atoms with Crippen LogP contribution in [0, 0.1) is 6.92 Å². The topological polar surface area (TPSA) is 37.8 Å². The molecule has 100 valence electrons. The van der Waals surface area contributed by atoms with Gasteiger partial charge in [-0.3, -0.25) is 9.97 Å². The van der Waals surface area contributed by atoms with E-state index in [-0.39, 0.29) is 6.04 Å². The van der Waals surface area contributed by atoms with E-state index < -0.39 is 0 Å². The van der Waals surface area contributed by atoms with Crippen LogP contribution in [0.5, 0.6) is 0 Å². The van der Waals surface area contributed by atoms with Gasteiger partial charge in [-0.1, -0.05) is 12.8 Å². The van der Waals surface area contributed by atoms with Gasteiger partial charge in [0.15, 0.2) is 0 Å². The molecule has 1 heterocycles. The van der Waals surface area contributed by atoms with Crippen molar-refractivity contribution in [3.05, 3.63) is 23.8 Å². The fourth-order valence-corrected chi connectivity index (χ4v) is 3.76. The van der Waals surface area contributed by atoms with Crippen LogP contribution in [-0.4, -0.2) is 27.5 Å². The van der Waals surface area contributed by atoms with Gasteiger partial charge >= 0.3 is 0 Å². The molecule has 0 aliphatic heterocycles. The van der Waals surface area contributed by atoms with Gasteiger partial charge in [0.05, 0.1) is 11.4 Å². The summed E-state index contributed by atoms with van der Waals surface area (Å²) in [6.45, 7) is 4.23. The zero-order valence-corrected chi connectivity index (χ0v) is 12.3. The summed E-state index contributed by atoms with van der Waals surface area (Å²) < 4.78 is 0. The SMILES string of the molecule is CSC1CCCCC1NC(C)c1nccnc1C. The number of nitrogens with zero attached hydrogens (tertiary/aromatic N) is 2. The van der Waals surface area contributed by atoms with Crippen LogP contribution in [0.4, 0.5) is 0 Å². The number of hydrogen-bond acceptors (Lipinski definition) is 4. The van der Waals surface area contributed by atoms with Gasteiger partial charge in [0.1, 0.15) is 0 Å². The monoisotopic (exact) mass is 265 g/mol. The van der Waals surface area contributed by atoms with E-state index in [1.165, 1.54) is 25.7 Å². The molecule has 0 spiro atoms. The Labute approximate surface area is 114 Å². The van der Waals surface area contributed by atoms with Crippen molar-refractivity contribution < 1.29 is 0 Å². The minimum atomic E-state index is 0.288. The van der Waals surface area contributed by atoms with Gasteiger partial charge in [-0.25, -0.2) is 0 Å². The summed E-state index contributed by atoms with van der Waals surface area (Å²) >= 11 is 2.00. The van der Waals surface area contributed by atoms with Crippen molar-refractivity contribution in [3.8, 4) is 0 Å². The highest BCUT2D eigenvalue weighted by Gasteiger charge is 2.26. The maximum Gasteiger partial charge on any atom is 0.0782 e. The van der Waals surface area contributed by atoms with E-state index in [0.717, 1.165) is 16.6 Å². The van der Waals surface area contributed by atoms with Crippen molar-refractivity contribution in [2.75, 3.05) is 6.26 Å². The molecule has 1 aromatic heterocycles. The number of thioether (sulfide) groups is 1. The molecule has 4 heteroatoms. The Balaban J connectivity index is 2.02. The summed E-state index contributed by atoms with van der Waals surface area (Å²) in [5.74, 6) is 0. The second-order valence-corrected chi connectivity index (χ2v) is 6.16. The fraction of sp³-hybridized carbons (Fsp3) is 0.714. The standard InChI is InChI=1S/C14H23N3S/c1-10-14(16-9-8-15-10)11(2)17-12-6-4-5-7-13(12)18-3/h8-9,11-13,17H,4-7H2,1-3H3. The van der Waals surface area contributed by atoms with E-state index in [1.807, 2.05) is 18.7 Å². The summed E-state index contributed by atoms with van der Waals surface area (Å²) in [6, 6.07) is 0.904. The molecule has 1 aliphatic carbocycles. The van der Waals surface area contributed by atoms with E-state index >= 15 is 0 Å². The Morgan fingerprint density at radius 1 is 1.28 bits per heavy atom. The average Bonchev–Trinajstić information content (AvgIpc) is 2.39. The number of aryl methyl sites for hydroxylation is 1. The Bertz CT molecular complexity index is 383. The van der Waals surface area contributed by atoms with Crippen LogP contribution in [0.2, 0.25) is 0 Å². The average molecular weight is 265 g/mol. The molecule has 0 bridgehead atoms. The lowest BCUT2D eigenvalue weighted by Gasteiger charge is -2.33. The summed E-state index contributed by atoms with van der Waals surface area (Å²) in [6.07, 6.45) is 11.1. The van der Waals surface area contributed by atoms with E-state index in [1.54, 1.807) is 12.4 Å². The van der Waals surface area contributed by atoms with Gasteiger partial charge in [0.25, 0.3) is 0 Å². The first-order valence-corrected chi connectivity index (χ1v) is 8.07. The number of aromatic nitrogens is 2. The quantitative estimate of drug-likeness (QED) is 0.908. The predicted molar refractivity (Wildman–Crippen MR) is 77.9 cm³/mol. The molecule has 18 heavy (non-hydrogen) atoms. The van der Waals surface area contributed by atoms with Crippen molar-refractivity contribution in [1.29, 1.82) is 0 Å². The first-order valence-electron chi connectivity index (χ1n) is 6.78. The lowest BCUT2D eigenvalue weighted by molar-refractivity contribution is 0.353. The molecule has 3 unspecified atom stereocenters. The second kappa shape index (κ2) is 6.53. The molecular formula is C14H23N3S. The van der Waals surface area contributed by atoms with Gasteiger partial charge in [-0.2, -0.15) is 11.8 Å². The summed E-state index contributed by atoms with van der Waals surface area (Å²) in [7, 11) is 0. The third-order valence-corrected chi connectivity index (χ3v) is 4.97. The van der Waals surface area contributed by atoms with E-state index in [4.69, 9.17) is 0 Å². The Kier molecular flexibility index (Phi) is 5.01. The maximum absolute atomic E-state index is 4.46. The summed E-state index contributed by atoms with van der Waals surface area (Å²) in [5.41, 5.74) is 2.12. The van der Waals surface area contributed by atoms with E-state index in [2.05, 4.69) is 28.5 Å². The van der Waals surface area contributed by atoms with Crippen molar-refractivity contribution in [1.82, 2.24) is 15.3 Å². The van der Waals surface area contributed by atoms with E-state index in [0.29, 0.717) is 6.04 Å². The molecule has 1 aliphatic rings. The predicted octanol–water partition coefficient (Wildman–Crippen LogP) is 3.11. The van der Waals surface area contributed by atoms with Crippen LogP contribution in [0.25, 0.3) is 0 Å². The molecule has 2 rings (SSSR count). The highest BCUT2D eigenvalue weighted by atomic mass is 32.2. The molecule has 1 N–H and O–H groups in total. The van der Waals surface area contributed by atoms with Crippen LogP contribution < -0.4 is 5.32 Å². The normalized spacial score (nSPS) is 25.9. The first-order chi connectivity index (χ1) is 8.72. The Morgan fingerprint density at radius 2 is 2.00 bits per heavy atom. The largest absolute Gasteiger partial charge is 0.305 e. The Morgan fingerprint density at radius 3 is 2.72 bits per heavy atom. The van der Waals surface area contributed by atoms with Gasteiger partial charge < -0.3 is 5.32 Å². The van der Waals surface area contributed by atoms with Gasteiger partial charge in [0, 0.05) is 29.7 Å². The van der Waals surface area contributed by atoms with Crippen molar-refractivity contribution in [3.63, 3.8) is 0 Å². The molecule has 3 nitrogen and oxygen atoms in total. The van der Waals surface area contributed by atoms with Gasteiger partial charge in [-0.15, -0.1) is 0 Å². The smallest absolute Gasteiger partial charge is 0.0782 e. The van der Waals surface area contributed by atoms with Crippen molar-refractivity contribution in [2.24, 2.45) is 0 Å². The highest BCUT2D eigenvalue weighted by molar-refractivity contribution is 7.99. The van der Waals surface area contributed by atoms with Gasteiger partial charge in [-0.05, 0) is 32.9 Å². The fourth-order valence-electron chi connectivity index (χ4n) is 2.81.